The Morgan fingerprint density at radius 1 is 1.50 bits per heavy atom. The van der Waals surface area contributed by atoms with Gasteiger partial charge in [-0.2, -0.15) is 13.2 Å². The van der Waals surface area contributed by atoms with Gasteiger partial charge in [0.1, 0.15) is 6.04 Å². The highest BCUT2D eigenvalue weighted by atomic mass is 19.4. The lowest BCUT2D eigenvalue weighted by molar-refractivity contribution is -0.152. The van der Waals surface area contributed by atoms with Crippen LogP contribution in [-0.4, -0.2) is 42.8 Å². The lowest BCUT2D eigenvalue weighted by Gasteiger charge is -2.23. The van der Waals surface area contributed by atoms with E-state index in [9.17, 15) is 18.0 Å². The molecule has 16 heavy (non-hydrogen) atoms. The molecule has 0 amide bonds. The van der Waals surface area contributed by atoms with Gasteiger partial charge >= 0.3 is 12.1 Å². The third kappa shape index (κ3) is 4.00. The Hall–Kier alpha value is -0.780. The number of alkyl halides is 3. The molecule has 1 unspecified atom stereocenters. The number of carbonyl (C=O) groups excluding carboxylic acids is 1. The lowest BCUT2D eigenvalue weighted by Crippen LogP contribution is -2.39. The van der Waals surface area contributed by atoms with Gasteiger partial charge < -0.3 is 4.74 Å². The summed E-state index contributed by atoms with van der Waals surface area (Å²) in [5, 5.41) is 0. The van der Waals surface area contributed by atoms with Gasteiger partial charge in [0, 0.05) is 6.54 Å². The first kappa shape index (κ1) is 13.3. The number of carbonyl (C=O) groups is 1. The highest BCUT2D eigenvalue weighted by Gasteiger charge is 2.35. The first-order chi connectivity index (χ1) is 7.44. The number of esters is 1. The summed E-state index contributed by atoms with van der Waals surface area (Å²) in [7, 11) is 0. The molecule has 1 aliphatic rings. The number of likely N-dealkylation sites (tertiary alicyclic amines) is 1. The van der Waals surface area contributed by atoms with Gasteiger partial charge in [-0.25, -0.2) is 0 Å². The summed E-state index contributed by atoms with van der Waals surface area (Å²) >= 11 is 0. The van der Waals surface area contributed by atoms with Crippen molar-refractivity contribution in [1.29, 1.82) is 0 Å². The van der Waals surface area contributed by atoms with Gasteiger partial charge in [-0.1, -0.05) is 0 Å². The molecule has 0 saturated carbocycles. The van der Waals surface area contributed by atoms with E-state index in [0.717, 1.165) is 6.42 Å². The zero-order valence-corrected chi connectivity index (χ0v) is 9.22. The van der Waals surface area contributed by atoms with Crippen molar-refractivity contribution in [3.8, 4) is 0 Å². The Morgan fingerprint density at radius 2 is 2.19 bits per heavy atom. The molecule has 3 nitrogen and oxygen atoms in total. The monoisotopic (exact) mass is 239 g/mol. The van der Waals surface area contributed by atoms with Gasteiger partial charge in [0.05, 0.1) is 13.0 Å². The van der Waals surface area contributed by atoms with Gasteiger partial charge in [-0.05, 0) is 26.3 Å². The van der Waals surface area contributed by atoms with E-state index in [2.05, 4.69) is 0 Å². The van der Waals surface area contributed by atoms with Crippen LogP contribution in [0.2, 0.25) is 0 Å². The van der Waals surface area contributed by atoms with Crippen LogP contribution in [0.4, 0.5) is 13.2 Å². The molecule has 1 fully saturated rings. The topological polar surface area (TPSA) is 29.5 Å². The maximum absolute atomic E-state index is 12.0. The standard InChI is InChI=1S/C10H16F3NO2/c1-2-16-9(15)8-4-3-6-14(8)7-5-10(11,12)13/h8H,2-7H2,1H3. The zero-order valence-electron chi connectivity index (χ0n) is 9.22. The van der Waals surface area contributed by atoms with Crippen molar-refractivity contribution < 1.29 is 22.7 Å². The second-order valence-corrected chi connectivity index (χ2v) is 3.81. The third-order valence-electron chi connectivity index (χ3n) is 2.60. The van der Waals surface area contributed by atoms with Crippen molar-refractivity contribution >= 4 is 5.97 Å². The van der Waals surface area contributed by atoms with Gasteiger partial charge in [0.25, 0.3) is 0 Å². The van der Waals surface area contributed by atoms with E-state index in [1.165, 1.54) is 0 Å². The minimum absolute atomic E-state index is 0.118. The maximum Gasteiger partial charge on any atom is 0.390 e. The van der Waals surface area contributed by atoms with E-state index in [0.29, 0.717) is 13.0 Å². The highest BCUT2D eigenvalue weighted by Crippen LogP contribution is 2.24. The Balaban J connectivity index is 2.43. The molecule has 6 heteroatoms. The summed E-state index contributed by atoms with van der Waals surface area (Å²) in [4.78, 5) is 13.0. The lowest BCUT2D eigenvalue weighted by atomic mass is 10.2. The molecule has 0 radical (unpaired) electrons. The molecule has 0 bridgehead atoms. The predicted molar refractivity (Wildman–Crippen MR) is 51.9 cm³/mol. The average molecular weight is 239 g/mol. The van der Waals surface area contributed by atoms with Crippen molar-refractivity contribution in [2.75, 3.05) is 19.7 Å². The summed E-state index contributed by atoms with van der Waals surface area (Å²) in [6.07, 6.45) is -3.69. The van der Waals surface area contributed by atoms with Crippen molar-refractivity contribution in [1.82, 2.24) is 4.90 Å². The summed E-state index contributed by atoms with van der Waals surface area (Å²) in [5.74, 6) is -0.401. The molecule has 0 N–H and O–H groups in total. The van der Waals surface area contributed by atoms with Crippen molar-refractivity contribution in [3.63, 3.8) is 0 Å². The minimum Gasteiger partial charge on any atom is -0.465 e. The number of halogens is 3. The van der Waals surface area contributed by atoms with Crippen molar-refractivity contribution in [3.05, 3.63) is 0 Å². The van der Waals surface area contributed by atoms with Crippen LogP contribution in [0.25, 0.3) is 0 Å². The summed E-state index contributed by atoms with van der Waals surface area (Å²) in [5.41, 5.74) is 0. The number of hydrogen-bond acceptors (Lipinski definition) is 3. The van der Waals surface area contributed by atoms with Crippen LogP contribution >= 0.6 is 0 Å². The Bertz CT molecular complexity index is 243. The molecule has 0 aromatic heterocycles. The van der Waals surface area contributed by atoms with Crippen molar-refractivity contribution in [2.24, 2.45) is 0 Å². The fourth-order valence-electron chi connectivity index (χ4n) is 1.87. The quantitative estimate of drug-likeness (QED) is 0.702. The Labute approximate surface area is 92.5 Å². The predicted octanol–water partition coefficient (Wildman–Crippen LogP) is 1.97. The van der Waals surface area contributed by atoms with Crippen LogP contribution in [-0.2, 0) is 9.53 Å². The van der Waals surface area contributed by atoms with Gasteiger partial charge in [-0.3, -0.25) is 9.69 Å². The van der Waals surface area contributed by atoms with Crippen LogP contribution in [0, 0.1) is 0 Å². The SMILES string of the molecule is CCOC(=O)C1CCCN1CCC(F)(F)F. The maximum atomic E-state index is 12.0. The summed E-state index contributed by atoms with van der Waals surface area (Å²) in [6, 6.07) is -0.484. The Morgan fingerprint density at radius 3 is 2.75 bits per heavy atom. The first-order valence-corrected chi connectivity index (χ1v) is 5.41. The molecule has 0 spiro atoms. The van der Waals surface area contributed by atoms with E-state index < -0.39 is 24.6 Å². The molecule has 94 valence electrons. The fraction of sp³-hybridized carbons (Fsp3) is 0.900. The second kappa shape index (κ2) is 5.52. The first-order valence-electron chi connectivity index (χ1n) is 5.41. The van der Waals surface area contributed by atoms with Gasteiger partial charge in [-0.15, -0.1) is 0 Å². The smallest absolute Gasteiger partial charge is 0.390 e. The largest absolute Gasteiger partial charge is 0.465 e. The third-order valence-corrected chi connectivity index (χ3v) is 2.60. The number of nitrogens with zero attached hydrogens (tertiary/aromatic N) is 1. The molecule has 0 aromatic rings. The molecule has 1 saturated heterocycles. The van der Waals surface area contributed by atoms with Crippen LogP contribution in [0.5, 0.6) is 0 Å². The second-order valence-electron chi connectivity index (χ2n) is 3.81. The minimum atomic E-state index is -4.16. The van der Waals surface area contributed by atoms with E-state index >= 15 is 0 Å². The molecule has 1 heterocycles. The number of hydrogen-bond donors (Lipinski definition) is 0. The summed E-state index contributed by atoms with van der Waals surface area (Å²) in [6.45, 7) is 2.38. The van der Waals surface area contributed by atoms with Crippen LogP contribution < -0.4 is 0 Å². The molecule has 1 atom stereocenters. The van der Waals surface area contributed by atoms with E-state index in [-0.39, 0.29) is 13.2 Å². The molecule has 1 rings (SSSR count). The summed E-state index contributed by atoms with van der Waals surface area (Å²) < 4.78 is 41.0. The van der Waals surface area contributed by atoms with Gasteiger partial charge in [0.2, 0.25) is 0 Å². The Kier molecular flexibility index (Phi) is 4.58. The van der Waals surface area contributed by atoms with E-state index in [1.54, 1.807) is 11.8 Å². The molecule has 0 aliphatic carbocycles. The fourth-order valence-corrected chi connectivity index (χ4v) is 1.87. The van der Waals surface area contributed by atoms with Gasteiger partial charge in [0.15, 0.2) is 0 Å². The van der Waals surface area contributed by atoms with Crippen LogP contribution in [0.1, 0.15) is 26.2 Å². The molecule has 1 aliphatic heterocycles. The van der Waals surface area contributed by atoms with E-state index in [1.807, 2.05) is 0 Å². The van der Waals surface area contributed by atoms with Crippen LogP contribution in [0.15, 0.2) is 0 Å². The highest BCUT2D eigenvalue weighted by molar-refractivity contribution is 5.76. The zero-order chi connectivity index (χ0) is 12.2. The van der Waals surface area contributed by atoms with Crippen LogP contribution in [0.3, 0.4) is 0 Å². The van der Waals surface area contributed by atoms with Crippen molar-refractivity contribution in [2.45, 2.75) is 38.4 Å². The normalized spacial score (nSPS) is 22.4. The number of ether oxygens (including phenoxy) is 1. The molecular weight excluding hydrogens is 223 g/mol. The average Bonchev–Trinajstić information content (AvgIpc) is 2.61. The van der Waals surface area contributed by atoms with E-state index in [4.69, 9.17) is 4.74 Å². The molecule has 0 aromatic carbocycles. The molecular formula is C10H16F3NO2. The number of rotatable bonds is 4.